The van der Waals surface area contributed by atoms with Crippen LogP contribution < -0.4 is 10.1 Å². The van der Waals surface area contributed by atoms with E-state index in [9.17, 15) is 0 Å². The Balaban J connectivity index is 1.62. The van der Waals surface area contributed by atoms with Crippen LogP contribution in [-0.4, -0.2) is 27.0 Å². The normalized spacial score (nSPS) is 11.6. The first-order chi connectivity index (χ1) is 13.4. The molecule has 0 unspecified atom stereocenters. The molecule has 0 radical (unpaired) electrons. The van der Waals surface area contributed by atoms with E-state index >= 15 is 0 Å². The molecule has 142 valence electrons. The molecule has 6 nitrogen and oxygen atoms in total. The second-order valence-corrected chi connectivity index (χ2v) is 7.71. The molecule has 0 bridgehead atoms. The van der Waals surface area contributed by atoms with Gasteiger partial charge in [-0.2, -0.15) is 0 Å². The number of anilines is 2. The van der Waals surface area contributed by atoms with Gasteiger partial charge >= 0.3 is 0 Å². The van der Waals surface area contributed by atoms with Crippen molar-refractivity contribution < 1.29 is 4.74 Å². The molecule has 6 heteroatoms. The molecule has 0 fully saturated rings. The third-order valence-corrected chi connectivity index (χ3v) is 4.57. The van der Waals surface area contributed by atoms with Gasteiger partial charge in [0, 0.05) is 40.8 Å². The highest BCUT2D eigenvalue weighted by Crippen LogP contribution is 2.28. The van der Waals surface area contributed by atoms with Crippen LogP contribution in [0.25, 0.3) is 22.3 Å². The van der Waals surface area contributed by atoms with Crippen LogP contribution in [0.2, 0.25) is 0 Å². The van der Waals surface area contributed by atoms with Gasteiger partial charge in [-0.1, -0.05) is 26.8 Å². The molecule has 3 heterocycles. The van der Waals surface area contributed by atoms with Gasteiger partial charge in [-0.25, -0.2) is 9.97 Å². The zero-order valence-corrected chi connectivity index (χ0v) is 16.4. The van der Waals surface area contributed by atoms with E-state index in [-0.39, 0.29) is 5.41 Å². The summed E-state index contributed by atoms with van der Waals surface area (Å²) in [7, 11) is 1.63. The summed E-state index contributed by atoms with van der Waals surface area (Å²) < 4.78 is 5.27. The Kier molecular flexibility index (Phi) is 4.47. The molecular formula is C22H23N5O. The molecule has 28 heavy (non-hydrogen) atoms. The minimum Gasteiger partial charge on any atom is -0.497 e. The molecule has 4 rings (SSSR count). The average Bonchev–Trinajstić information content (AvgIpc) is 3.12. The lowest BCUT2D eigenvalue weighted by atomic mass is 9.92. The minimum absolute atomic E-state index is 0.0772. The Morgan fingerprint density at radius 1 is 0.929 bits per heavy atom. The van der Waals surface area contributed by atoms with Gasteiger partial charge in [0.2, 0.25) is 5.95 Å². The molecule has 0 spiro atoms. The van der Waals surface area contributed by atoms with Gasteiger partial charge in [-0.05, 0) is 35.7 Å². The zero-order valence-electron chi connectivity index (χ0n) is 16.4. The lowest BCUT2D eigenvalue weighted by Gasteiger charge is -2.15. The maximum Gasteiger partial charge on any atom is 0.227 e. The molecule has 0 saturated carbocycles. The topological polar surface area (TPSA) is 75.7 Å². The predicted octanol–water partition coefficient (Wildman–Crippen LogP) is 5.07. The molecular weight excluding hydrogens is 350 g/mol. The molecule has 3 aromatic heterocycles. The molecule has 4 aromatic rings. The van der Waals surface area contributed by atoms with E-state index in [1.54, 1.807) is 25.6 Å². The van der Waals surface area contributed by atoms with Crippen LogP contribution in [0.3, 0.4) is 0 Å². The Morgan fingerprint density at radius 3 is 2.54 bits per heavy atom. The molecule has 1 aromatic carbocycles. The fraction of sp³-hybridized carbons (Fsp3) is 0.227. The van der Waals surface area contributed by atoms with Crippen LogP contribution in [0.1, 0.15) is 26.5 Å². The van der Waals surface area contributed by atoms with Gasteiger partial charge in [0.1, 0.15) is 5.75 Å². The number of methoxy groups -OCH3 is 1. The highest BCUT2D eigenvalue weighted by molar-refractivity contribution is 5.84. The van der Waals surface area contributed by atoms with Gasteiger partial charge in [0.05, 0.1) is 18.5 Å². The van der Waals surface area contributed by atoms with Crippen LogP contribution in [0.15, 0.2) is 54.9 Å². The number of pyridine rings is 1. The maximum absolute atomic E-state index is 5.27. The number of rotatable bonds is 4. The average molecular weight is 373 g/mol. The minimum atomic E-state index is 0.0772. The number of nitrogens with zero attached hydrogens (tertiary/aromatic N) is 3. The smallest absolute Gasteiger partial charge is 0.227 e. The van der Waals surface area contributed by atoms with Gasteiger partial charge in [-0.15, -0.1) is 0 Å². The number of nitrogens with one attached hydrogen (secondary N) is 2. The summed E-state index contributed by atoms with van der Waals surface area (Å²) in [4.78, 5) is 16.8. The molecule has 0 atom stereocenters. The highest BCUT2D eigenvalue weighted by atomic mass is 16.5. The molecule has 0 aliphatic carbocycles. The molecule has 0 aliphatic heterocycles. The number of fused-ring (bicyclic) bond motifs is 1. The summed E-state index contributed by atoms with van der Waals surface area (Å²) in [5, 5.41) is 4.47. The first-order valence-electron chi connectivity index (χ1n) is 9.16. The van der Waals surface area contributed by atoms with E-state index in [0.717, 1.165) is 28.3 Å². The Labute approximate surface area is 164 Å². The second-order valence-electron chi connectivity index (χ2n) is 7.71. The largest absolute Gasteiger partial charge is 0.497 e. The molecule has 2 N–H and O–H groups in total. The van der Waals surface area contributed by atoms with Crippen molar-refractivity contribution in [3.8, 4) is 17.1 Å². The van der Waals surface area contributed by atoms with Gasteiger partial charge in [0.25, 0.3) is 0 Å². The van der Waals surface area contributed by atoms with Crippen LogP contribution in [0.5, 0.6) is 5.75 Å². The second kappa shape index (κ2) is 6.96. The standard InChI is InChI=1S/C22H23N5O/c1-22(2,3)20-11-14-5-6-15(12-18(14)26-20)25-21-24-10-8-17(27-21)19-13-16(28-4)7-9-23-19/h5-13,26H,1-4H3,(H,24,25,27). The van der Waals surface area contributed by atoms with Crippen molar-refractivity contribution in [2.45, 2.75) is 26.2 Å². The monoisotopic (exact) mass is 373 g/mol. The van der Waals surface area contributed by atoms with Gasteiger partial charge in [0.15, 0.2) is 0 Å². The van der Waals surface area contributed by atoms with E-state index < -0.39 is 0 Å². The first-order valence-corrected chi connectivity index (χ1v) is 9.16. The number of hydrogen-bond donors (Lipinski definition) is 2. The third-order valence-electron chi connectivity index (χ3n) is 4.57. The third kappa shape index (κ3) is 3.67. The summed E-state index contributed by atoms with van der Waals surface area (Å²) >= 11 is 0. The van der Waals surface area contributed by atoms with Crippen molar-refractivity contribution in [1.29, 1.82) is 0 Å². The number of ether oxygens (including phenoxy) is 1. The SMILES string of the molecule is COc1ccnc(-c2ccnc(Nc3ccc4cc(C(C)(C)C)[nH]c4c3)n2)c1. The summed E-state index contributed by atoms with van der Waals surface area (Å²) in [6.45, 7) is 6.59. The maximum atomic E-state index is 5.27. The van der Waals surface area contributed by atoms with Crippen LogP contribution in [0.4, 0.5) is 11.6 Å². The number of H-pyrrole nitrogens is 1. The van der Waals surface area contributed by atoms with E-state index in [1.165, 1.54) is 11.1 Å². The van der Waals surface area contributed by atoms with Crippen molar-refractivity contribution in [1.82, 2.24) is 19.9 Å². The van der Waals surface area contributed by atoms with Gasteiger partial charge in [-0.3, -0.25) is 4.98 Å². The van der Waals surface area contributed by atoms with Crippen molar-refractivity contribution in [3.05, 3.63) is 60.6 Å². The Morgan fingerprint density at radius 2 is 1.75 bits per heavy atom. The summed E-state index contributed by atoms with van der Waals surface area (Å²) in [6, 6.07) is 13.9. The van der Waals surface area contributed by atoms with Crippen LogP contribution in [-0.2, 0) is 5.41 Å². The van der Waals surface area contributed by atoms with E-state index in [2.05, 4.69) is 64.2 Å². The number of hydrogen-bond acceptors (Lipinski definition) is 5. The zero-order chi connectivity index (χ0) is 19.7. The Bertz CT molecular complexity index is 1130. The van der Waals surface area contributed by atoms with Crippen molar-refractivity contribution in [2.24, 2.45) is 0 Å². The lowest BCUT2D eigenvalue weighted by molar-refractivity contribution is 0.414. The molecule has 0 aliphatic rings. The summed E-state index contributed by atoms with van der Waals surface area (Å²) in [6.07, 6.45) is 3.42. The van der Waals surface area contributed by atoms with E-state index in [4.69, 9.17) is 4.74 Å². The van der Waals surface area contributed by atoms with Crippen molar-refractivity contribution in [2.75, 3.05) is 12.4 Å². The molecule has 0 amide bonds. The summed E-state index contributed by atoms with van der Waals surface area (Å²) in [5.41, 5.74) is 4.76. The predicted molar refractivity (Wildman–Crippen MR) is 112 cm³/mol. The van der Waals surface area contributed by atoms with E-state index in [1.807, 2.05) is 18.2 Å². The fourth-order valence-corrected chi connectivity index (χ4v) is 2.98. The lowest BCUT2D eigenvalue weighted by Crippen LogP contribution is -2.10. The number of aromatic nitrogens is 4. The van der Waals surface area contributed by atoms with Crippen molar-refractivity contribution >= 4 is 22.5 Å². The number of aromatic amines is 1. The summed E-state index contributed by atoms with van der Waals surface area (Å²) in [5.74, 6) is 1.26. The van der Waals surface area contributed by atoms with Crippen molar-refractivity contribution in [3.63, 3.8) is 0 Å². The van der Waals surface area contributed by atoms with Crippen LogP contribution >= 0.6 is 0 Å². The quantitative estimate of drug-likeness (QED) is 0.522. The number of benzene rings is 1. The van der Waals surface area contributed by atoms with Crippen LogP contribution in [0, 0.1) is 0 Å². The first kappa shape index (κ1) is 18.0. The van der Waals surface area contributed by atoms with Gasteiger partial charge < -0.3 is 15.0 Å². The fourth-order valence-electron chi connectivity index (χ4n) is 2.98. The Hall–Kier alpha value is -3.41. The highest BCUT2D eigenvalue weighted by Gasteiger charge is 2.16. The molecule has 0 saturated heterocycles. The van der Waals surface area contributed by atoms with E-state index in [0.29, 0.717) is 5.95 Å².